The highest BCUT2D eigenvalue weighted by Gasteiger charge is 2.24. The molecular formula is C28H24FN3O14. The number of oxazole rings is 1. The van der Waals surface area contributed by atoms with E-state index in [1.165, 1.54) is 30.3 Å². The van der Waals surface area contributed by atoms with Crippen LogP contribution < -0.4 is 19.3 Å². The van der Waals surface area contributed by atoms with E-state index >= 15 is 0 Å². The Balaban J connectivity index is 1.64. The number of aliphatic carboxylic acids is 4. The van der Waals surface area contributed by atoms with Gasteiger partial charge >= 0.3 is 29.8 Å². The van der Waals surface area contributed by atoms with Crippen LogP contribution in [-0.4, -0.2) is 99.8 Å². The molecule has 0 atom stereocenters. The lowest BCUT2D eigenvalue weighted by atomic mass is 10.2. The van der Waals surface area contributed by atoms with Crippen LogP contribution in [0.3, 0.4) is 0 Å². The number of aromatic carboxylic acids is 1. The number of ether oxygens (including phenoxy) is 2. The predicted octanol–water partition coefficient (Wildman–Crippen LogP) is 2.33. The van der Waals surface area contributed by atoms with Gasteiger partial charge in [-0.1, -0.05) is 6.07 Å². The smallest absolute Gasteiger partial charge is 0.373 e. The first-order chi connectivity index (χ1) is 21.8. The highest BCUT2D eigenvalue weighted by Crippen LogP contribution is 2.37. The fourth-order valence-electron chi connectivity index (χ4n) is 4.30. The fourth-order valence-corrected chi connectivity index (χ4v) is 4.30. The maximum absolute atomic E-state index is 14.8. The molecule has 4 aromatic rings. The molecule has 0 aliphatic rings. The molecule has 46 heavy (non-hydrogen) atoms. The van der Waals surface area contributed by atoms with Gasteiger partial charge in [0.1, 0.15) is 50.7 Å². The minimum Gasteiger partial charge on any atom is -0.488 e. The highest BCUT2D eigenvalue weighted by atomic mass is 19.1. The third-order valence-electron chi connectivity index (χ3n) is 6.04. The molecule has 2 aromatic heterocycles. The molecular weight excluding hydrogens is 621 g/mol. The molecule has 18 heteroatoms. The molecule has 5 N–H and O–H groups in total. The molecule has 0 fully saturated rings. The standard InChI is InChI=1S/C28H24FN3O14/c29-15-2-1-3-16(31(10-22(33)34)11-23(35)36)26(15)44-5-4-43-19-6-14-7-20(27-30-9-21(46-27)28(41)42)45-18(14)8-17(19)32(12-24(37)38)13-25(39)40/h1-3,6-9H,4-5,10-13H2,(H,33,34)(H,35,36)(H,37,38)(H,39,40)(H,41,42). The van der Waals surface area contributed by atoms with E-state index in [2.05, 4.69) is 4.98 Å². The minimum atomic E-state index is -1.37. The largest absolute Gasteiger partial charge is 0.488 e. The van der Waals surface area contributed by atoms with Gasteiger partial charge in [-0.2, -0.15) is 0 Å². The Morgan fingerprint density at radius 2 is 1.35 bits per heavy atom. The molecule has 2 heterocycles. The second-order valence-electron chi connectivity index (χ2n) is 9.38. The van der Waals surface area contributed by atoms with Crippen LogP contribution in [0.2, 0.25) is 0 Å². The van der Waals surface area contributed by atoms with Crippen LogP contribution in [0.5, 0.6) is 11.5 Å². The first-order valence-electron chi connectivity index (χ1n) is 13.0. The lowest BCUT2D eigenvalue weighted by Gasteiger charge is -2.24. The number of aromatic nitrogens is 1. The molecule has 17 nitrogen and oxygen atoms in total. The maximum Gasteiger partial charge on any atom is 0.373 e. The Morgan fingerprint density at radius 1 is 0.761 bits per heavy atom. The molecule has 0 saturated heterocycles. The monoisotopic (exact) mass is 645 g/mol. The number of hydrogen-bond acceptors (Lipinski definition) is 12. The Kier molecular flexibility index (Phi) is 9.90. The van der Waals surface area contributed by atoms with Crippen molar-refractivity contribution in [3.63, 3.8) is 0 Å². The number of carbonyl (C=O) groups is 5. The van der Waals surface area contributed by atoms with Gasteiger partial charge in [-0.3, -0.25) is 19.2 Å². The van der Waals surface area contributed by atoms with Crippen LogP contribution in [0.15, 0.2) is 51.4 Å². The van der Waals surface area contributed by atoms with Crippen LogP contribution in [0.4, 0.5) is 15.8 Å². The Labute approximate surface area is 256 Å². The van der Waals surface area contributed by atoms with E-state index in [1.54, 1.807) is 0 Å². The molecule has 0 bridgehead atoms. The van der Waals surface area contributed by atoms with Crippen molar-refractivity contribution in [3.8, 4) is 23.1 Å². The molecule has 0 aliphatic heterocycles. The summed E-state index contributed by atoms with van der Waals surface area (Å²) < 4.78 is 36.9. The van der Waals surface area contributed by atoms with Crippen LogP contribution >= 0.6 is 0 Å². The van der Waals surface area contributed by atoms with Crippen molar-refractivity contribution in [2.45, 2.75) is 0 Å². The second-order valence-corrected chi connectivity index (χ2v) is 9.38. The summed E-state index contributed by atoms with van der Waals surface area (Å²) in [6.45, 7) is -3.80. The van der Waals surface area contributed by atoms with Crippen molar-refractivity contribution in [1.29, 1.82) is 0 Å². The number of para-hydroxylation sites is 1. The number of rotatable bonds is 17. The summed E-state index contributed by atoms with van der Waals surface area (Å²) in [5, 5.41) is 46.7. The third kappa shape index (κ3) is 7.98. The van der Waals surface area contributed by atoms with Crippen LogP contribution in [0.1, 0.15) is 10.6 Å². The molecule has 0 spiro atoms. The zero-order chi connectivity index (χ0) is 33.5. The third-order valence-corrected chi connectivity index (χ3v) is 6.04. The summed E-state index contributed by atoms with van der Waals surface area (Å²) in [4.78, 5) is 62.6. The lowest BCUT2D eigenvalue weighted by Crippen LogP contribution is -2.35. The van der Waals surface area contributed by atoms with Gasteiger partial charge in [0, 0.05) is 11.5 Å². The number of anilines is 2. The Morgan fingerprint density at radius 3 is 1.91 bits per heavy atom. The van der Waals surface area contributed by atoms with E-state index < -0.39 is 73.4 Å². The molecule has 242 valence electrons. The summed E-state index contributed by atoms with van der Waals surface area (Å²) in [6.07, 6.45) is 0.968. The van der Waals surface area contributed by atoms with Crippen molar-refractivity contribution in [3.05, 3.63) is 54.2 Å². The first kappa shape index (κ1) is 32.6. The van der Waals surface area contributed by atoms with Crippen LogP contribution in [0.25, 0.3) is 22.6 Å². The summed E-state index contributed by atoms with van der Waals surface area (Å²) in [5.74, 6) is -8.90. The Bertz CT molecular complexity index is 1770. The highest BCUT2D eigenvalue weighted by molar-refractivity contribution is 5.90. The molecule has 4 rings (SSSR count). The van der Waals surface area contributed by atoms with Crippen molar-refractivity contribution >= 4 is 52.2 Å². The SMILES string of the molecule is O=C(O)CN(CC(=O)O)c1cc2oc(-c3ncc(C(=O)O)o3)cc2cc1OCCOc1c(F)cccc1N(CC(=O)O)CC(=O)O. The summed E-state index contributed by atoms with van der Waals surface area (Å²) in [7, 11) is 0. The topological polar surface area (TPSA) is 251 Å². The van der Waals surface area contributed by atoms with Crippen molar-refractivity contribution in [2.75, 3.05) is 49.2 Å². The van der Waals surface area contributed by atoms with E-state index in [-0.39, 0.29) is 47.6 Å². The quantitative estimate of drug-likeness (QED) is 0.103. The second kappa shape index (κ2) is 14.0. The first-order valence-corrected chi connectivity index (χ1v) is 13.0. The number of furan rings is 1. The molecule has 0 radical (unpaired) electrons. The fraction of sp³-hybridized carbons (Fsp3) is 0.214. The number of halogens is 1. The molecule has 0 amide bonds. The van der Waals surface area contributed by atoms with E-state index in [0.29, 0.717) is 5.39 Å². The number of carboxylic acids is 5. The molecule has 0 saturated carbocycles. The minimum absolute atomic E-state index is 0.00342. The van der Waals surface area contributed by atoms with Crippen molar-refractivity contribution < 1.29 is 72.2 Å². The van der Waals surface area contributed by atoms with Crippen molar-refractivity contribution in [2.24, 2.45) is 0 Å². The van der Waals surface area contributed by atoms with E-state index in [4.69, 9.17) is 23.4 Å². The maximum atomic E-state index is 14.8. The van der Waals surface area contributed by atoms with Crippen LogP contribution in [0, 0.1) is 5.82 Å². The van der Waals surface area contributed by atoms with E-state index in [9.17, 15) is 48.8 Å². The zero-order valence-corrected chi connectivity index (χ0v) is 23.4. The Hall–Kier alpha value is -6.33. The lowest BCUT2D eigenvalue weighted by molar-refractivity contribution is -0.138. The summed E-state index contributed by atoms with van der Waals surface area (Å²) in [6, 6.07) is 7.63. The van der Waals surface area contributed by atoms with E-state index in [1.807, 2.05) is 0 Å². The van der Waals surface area contributed by atoms with Gasteiger partial charge < -0.3 is 53.6 Å². The molecule has 0 unspecified atom stereocenters. The average Bonchev–Trinajstić information content (AvgIpc) is 3.61. The van der Waals surface area contributed by atoms with Gasteiger partial charge in [-0.05, 0) is 24.3 Å². The van der Waals surface area contributed by atoms with Gasteiger partial charge in [0.25, 0.3) is 5.89 Å². The zero-order valence-electron chi connectivity index (χ0n) is 23.4. The molecule has 0 aliphatic carbocycles. The molecule has 2 aromatic carbocycles. The average molecular weight is 646 g/mol. The van der Waals surface area contributed by atoms with Gasteiger partial charge in [-0.25, -0.2) is 14.2 Å². The van der Waals surface area contributed by atoms with Gasteiger partial charge in [-0.15, -0.1) is 0 Å². The number of carboxylic acid groups (broad SMARTS) is 5. The summed E-state index contributed by atoms with van der Waals surface area (Å²) >= 11 is 0. The number of nitrogens with zero attached hydrogens (tertiary/aromatic N) is 3. The number of benzene rings is 2. The van der Waals surface area contributed by atoms with Crippen LogP contribution in [-0.2, 0) is 19.2 Å². The van der Waals surface area contributed by atoms with Gasteiger partial charge in [0.15, 0.2) is 17.3 Å². The number of fused-ring (bicyclic) bond motifs is 1. The normalized spacial score (nSPS) is 10.8. The predicted molar refractivity (Wildman–Crippen MR) is 151 cm³/mol. The number of hydrogen-bond donors (Lipinski definition) is 5. The summed E-state index contributed by atoms with van der Waals surface area (Å²) in [5.41, 5.74) is -0.0700. The van der Waals surface area contributed by atoms with Gasteiger partial charge in [0.2, 0.25) is 5.76 Å². The van der Waals surface area contributed by atoms with Gasteiger partial charge in [0.05, 0.1) is 17.6 Å². The van der Waals surface area contributed by atoms with Crippen molar-refractivity contribution in [1.82, 2.24) is 4.98 Å². The van der Waals surface area contributed by atoms with E-state index in [0.717, 1.165) is 22.1 Å².